The summed E-state index contributed by atoms with van der Waals surface area (Å²) in [5.74, 6) is -0.225. The van der Waals surface area contributed by atoms with Crippen molar-refractivity contribution < 1.29 is 4.39 Å². The van der Waals surface area contributed by atoms with Gasteiger partial charge in [-0.15, -0.1) is 6.58 Å². The molecule has 1 aromatic rings. The van der Waals surface area contributed by atoms with Crippen molar-refractivity contribution in [2.75, 3.05) is 26.2 Å². The highest BCUT2D eigenvalue weighted by Crippen LogP contribution is 2.26. The Morgan fingerprint density at radius 2 is 2.12 bits per heavy atom. The summed E-state index contributed by atoms with van der Waals surface area (Å²) in [7, 11) is 0. The first kappa shape index (κ1) is 12.7. The van der Waals surface area contributed by atoms with Crippen molar-refractivity contribution in [1.29, 1.82) is 0 Å². The molecule has 0 aliphatic carbocycles. The summed E-state index contributed by atoms with van der Waals surface area (Å²) in [5.41, 5.74) is 1.08. The third-order valence-electron chi connectivity index (χ3n) is 3.05. The second-order valence-electron chi connectivity index (χ2n) is 4.14. The first-order chi connectivity index (χ1) is 8.22. The fraction of sp³-hybridized carbons (Fsp3) is 0.385. The molecule has 0 bridgehead atoms. The van der Waals surface area contributed by atoms with Crippen LogP contribution in [0.25, 0.3) is 0 Å². The van der Waals surface area contributed by atoms with Crippen LogP contribution in [0.1, 0.15) is 11.6 Å². The van der Waals surface area contributed by atoms with Crippen LogP contribution in [-0.2, 0) is 0 Å². The van der Waals surface area contributed by atoms with Crippen LogP contribution in [0.4, 0.5) is 4.39 Å². The van der Waals surface area contributed by atoms with E-state index in [1.165, 1.54) is 6.07 Å². The van der Waals surface area contributed by atoms with E-state index in [9.17, 15) is 4.39 Å². The lowest BCUT2D eigenvalue weighted by molar-refractivity contribution is 0.203. The molecule has 1 aliphatic heterocycles. The average Bonchev–Trinajstić information content (AvgIpc) is 2.36. The van der Waals surface area contributed by atoms with Crippen LogP contribution in [-0.4, -0.2) is 31.1 Å². The zero-order chi connectivity index (χ0) is 12.3. The topological polar surface area (TPSA) is 15.3 Å². The molecule has 2 nitrogen and oxygen atoms in total. The lowest BCUT2D eigenvalue weighted by Gasteiger charge is -2.33. The molecule has 1 aromatic carbocycles. The Morgan fingerprint density at radius 3 is 2.71 bits per heavy atom. The smallest absolute Gasteiger partial charge is 0.137 e. The maximum Gasteiger partial charge on any atom is 0.137 e. The van der Waals surface area contributed by atoms with Gasteiger partial charge >= 0.3 is 0 Å². The Kier molecular flexibility index (Phi) is 4.31. The van der Waals surface area contributed by atoms with Crippen molar-refractivity contribution in [3.63, 3.8) is 0 Å². The Morgan fingerprint density at radius 1 is 1.41 bits per heavy atom. The predicted octanol–water partition coefficient (Wildman–Crippen LogP) is 2.72. The number of benzene rings is 1. The van der Waals surface area contributed by atoms with Crippen LogP contribution in [0, 0.1) is 5.82 Å². The van der Waals surface area contributed by atoms with E-state index in [4.69, 9.17) is 0 Å². The molecule has 2 rings (SSSR count). The van der Waals surface area contributed by atoms with Crippen LogP contribution in [0.5, 0.6) is 0 Å². The quantitative estimate of drug-likeness (QED) is 0.863. The molecule has 1 atom stereocenters. The van der Waals surface area contributed by atoms with E-state index < -0.39 is 0 Å². The number of halogens is 2. The van der Waals surface area contributed by atoms with Crippen LogP contribution in [0.2, 0.25) is 0 Å². The third-order valence-corrected chi connectivity index (χ3v) is 3.66. The second-order valence-corrected chi connectivity index (χ2v) is 4.99. The molecule has 0 unspecified atom stereocenters. The molecule has 0 amide bonds. The van der Waals surface area contributed by atoms with E-state index in [0.29, 0.717) is 4.47 Å². The van der Waals surface area contributed by atoms with Crippen molar-refractivity contribution in [2.24, 2.45) is 0 Å². The molecule has 1 heterocycles. The Bertz CT molecular complexity index is 402. The van der Waals surface area contributed by atoms with Gasteiger partial charge in [-0.2, -0.15) is 0 Å². The molecule has 0 aromatic heterocycles. The summed E-state index contributed by atoms with van der Waals surface area (Å²) in [4.78, 5) is 2.35. The first-order valence-corrected chi connectivity index (χ1v) is 6.54. The summed E-state index contributed by atoms with van der Waals surface area (Å²) in [6.45, 7) is 7.86. The SMILES string of the molecule is C=C[C@H](c1ccc(F)c(Br)c1)N1CCNCC1. The fourth-order valence-electron chi connectivity index (χ4n) is 2.15. The highest BCUT2D eigenvalue weighted by atomic mass is 79.9. The molecule has 4 heteroatoms. The average molecular weight is 299 g/mol. The van der Waals surface area contributed by atoms with Crippen LogP contribution in [0.3, 0.4) is 0 Å². The van der Waals surface area contributed by atoms with E-state index in [2.05, 4.69) is 32.7 Å². The normalized spacial score (nSPS) is 18.9. The lowest BCUT2D eigenvalue weighted by Crippen LogP contribution is -2.44. The summed E-state index contributed by atoms with van der Waals surface area (Å²) in [5, 5.41) is 3.32. The molecule has 17 heavy (non-hydrogen) atoms. The van der Waals surface area contributed by atoms with E-state index in [1.807, 2.05) is 18.2 Å². The van der Waals surface area contributed by atoms with Gasteiger partial charge in [0.15, 0.2) is 0 Å². The zero-order valence-corrected chi connectivity index (χ0v) is 11.2. The molecule has 0 radical (unpaired) electrons. The van der Waals surface area contributed by atoms with Crippen LogP contribution in [0.15, 0.2) is 35.3 Å². The molecule has 92 valence electrons. The summed E-state index contributed by atoms with van der Waals surface area (Å²) < 4.78 is 13.7. The van der Waals surface area contributed by atoms with E-state index >= 15 is 0 Å². The van der Waals surface area contributed by atoms with E-state index in [-0.39, 0.29) is 11.9 Å². The van der Waals surface area contributed by atoms with Crippen molar-refractivity contribution >= 4 is 15.9 Å². The largest absolute Gasteiger partial charge is 0.314 e. The molecule has 1 saturated heterocycles. The number of hydrogen-bond donors (Lipinski definition) is 1. The van der Waals surface area contributed by atoms with Gasteiger partial charge in [-0.05, 0) is 33.6 Å². The molecule has 1 aliphatic rings. The minimum atomic E-state index is -0.225. The van der Waals surface area contributed by atoms with Gasteiger partial charge in [0.05, 0.1) is 10.5 Å². The van der Waals surface area contributed by atoms with Gasteiger partial charge in [0, 0.05) is 26.2 Å². The molecular formula is C13H16BrFN2. The van der Waals surface area contributed by atoms with Crippen LogP contribution >= 0.6 is 15.9 Å². The lowest BCUT2D eigenvalue weighted by atomic mass is 10.0. The van der Waals surface area contributed by atoms with Crippen molar-refractivity contribution in [2.45, 2.75) is 6.04 Å². The van der Waals surface area contributed by atoms with Gasteiger partial charge in [-0.25, -0.2) is 4.39 Å². The third kappa shape index (κ3) is 2.94. The van der Waals surface area contributed by atoms with Gasteiger partial charge in [0.1, 0.15) is 5.82 Å². The first-order valence-electron chi connectivity index (χ1n) is 5.74. The Hall–Kier alpha value is -0.710. The van der Waals surface area contributed by atoms with E-state index in [0.717, 1.165) is 31.7 Å². The highest BCUT2D eigenvalue weighted by molar-refractivity contribution is 9.10. The monoisotopic (exact) mass is 298 g/mol. The Labute approximate surface area is 110 Å². The summed E-state index contributed by atoms with van der Waals surface area (Å²) in [6.07, 6.45) is 1.92. The highest BCUT2D eigenvalue weighted by Gasteiger charge is 2.19. The van der Waals surface area contributed by atoms with Crippen LogP contribution < -0.4 is 5.32 Å². The number of nitrogens with zero attached hydrogens (tertiary/aromatic N) is 1. The van der Waals surface area contributed by atoms with Gasteiger partial charge in [0.2, 0.25) is 0 Å². The van der Waals surface area contributed by atoms with Gasteiger partial charge in [0.25, 0.3) is 0 Å². The number of hydrogen-bond acceptors (Lipinski definition) is 2. The van der Waals surface area contributed by atoms with Gasteiger partial charge < -0.3 is 5.32 Å². The van der Waals surface area contributed by atoms with Crippen molar-refractivity contribution in [3.8, 4) is 0 Å². The molecule has 0 spiro atoms. The molecule has 1 fully saturated rings. The molecule has 0 saturated carbocycles. The second kappa shape index (κ2) is 5.76. The fourth-order valence-corrected chi connectivity index (χ4v) is 2.55. The van der Waals surface area contributed by atoms with Gasteiger partial charge in [-0.3, -0.25) is 4.90 Å². The molecular weight excluding hydrogens is 283 g/mol. The summed E-state index contributed by atoms with van der Waals surface area (Å²) >= 11 is 3.23. The maximum atomic E-state index is 13.2. The summed E-state index contributed by atoms with van der Waals surface area (Å²) in [6, 6.07) is 5.32. The minimum absolute atomic E-state index is 0.161. The standard InChI is InChI=1S/C13H16BrFN2/c1-2-13(17-7-5-16-6-8-17)10-3-4-12(15)11(14)9-10/h2-4,9,13,16H,1,5-8H2/t13-/m1/s1. The number of nitrogens with one attached hydrogen (secondary N) is 1. The molecule has 1 N–H and O–H groups in total. The maximum absolute atomic E-state index is 13.2. The zero-order valence-electron chi connectivity index (χ0n) is 9.63. The number of rotatable bonds is 3. The van der Waals surface area contributed by atoms with Gasteiger partial charge in [-0.1, -0.05) is 12.1 Å². The van der Waals surface area contributed by atoms with E-state index in [1.54, 1.807) is 0 Å². The predicted molar refractivity (Wildman–Crippen MR) is 71.5 cm³/mol. The Balaban J connectivity index is 2.21. The van der Waals surface area contributed by atoms with Crippen molar-refractivity contribution in [1.82, 2.24) is 10.2 Å². The minimum Gasteiger partial charge on any atom is -0.314 e. The number of piperazine rings is 1. The van der Waals surface area contributed by atoms with Crippen molar-refractivity contribution in [3.05, 3.63) is 46.7 Å².